The van der Waals surface area contributed by atoms with Gasteiger partial charge in [-0.2, -0.15) is 26.3 Å². The Hall–Kier alpha value is -3.07. The number of nitrogens with one attached hydrogen (secondary N) is 2. The summed E-state index contributed by atoms with van der Waals surface area (Å²) in [5, 5.41) is 13.8. The average molecular weight is 602 g/mol. The lowest BCUT2D eigenvalue weighted by Crippen LogP contribution is -2.42. The van der Waals surface area contributed by atoms with Crippen LogP contribution in [0.3, 0.4) is 0 Å². The van der Waals surface area contributed by atoms with Crippen LogP contribution in [0.4, 0.5) is 26.3 Å². The molecule has 4 rings (SSSR count). The highest BCUT2D eigenvalue weighted by Crippen LogP contribution is 2.49. The third-order valence-corrected chi connectivity index (χ3v) is 6.05. The molecular weight excluding hydrogens is 583 g/mol. The summed E-state index contributed by atoms with van der Waals surface area (Å²) in [5.74, 6) is -3.05. The summed E-state index contributed by atoms with van der Waals surface area (Å²) < 4.78 is 74.2. The minimum atomic E-state index is -5.08. The van der Waals surface area contributed by atoms with Gasteiger partial charge in [-0.3, -0.25) is 9.63 Å². The average Bonchev–Trinajstić information content (AvgIpc) is 3.48. The Bertz CT molecular complexity index is 1260. The molecule has 2 aliphatic rings. The summed E-state index contributed by atoms with van der Waals surface area (Å²) in [6.45, 7) is 2.54. The van der Waals surface area contributed by atoms with Crippen molar-refractivity contribution < 1.29 is 50.7 Å². The number of carboxylic acids is 1. The van der Waals surface area contributed by atoms with Gasteiger partial charge >= 0.3 is 18.3 Å². The number of aryl methyl sites for hydroxylation is 1. The van der Waals surface area contributed by atoms with Crippen LogP contribution in [0, 0.1) is 6.92 Å². The molecule has 1 saturated heterocycles. The Labute approximate surface area is 226 Å². The number of amides is 1. The van der Waals surface area contributed by atoms with E-state index in [-0.39, 0.29) is 33.3 Å². The number of benzene rings is 2. The van der Waals surface area contributed by atoms with Gasteiger partial charge in [0.2, 0.25) is 0 Å². The predicted molar refractivity (Wildman–Crippen MR) is 127 cm³/mol. The lowest BCUT2D eigenvalue weighted by Gasteiger charge is -2.29. The van der Waals surface area contributed by atoms with Gasteiger partial charge in [0, 0.05) is 34.1 Å². The summed E-state index contributed by atoms with van der Waals surface area (Å²) in [5.41, 5.74) is 1.24. The first-order valence-corrected chi connectivity index (χ1v) is 11.6. The van der Waals surface area contributed by atoms with E-state index in [2.05, 4.69) is 16.0 Å². The maximum Gasteiger partial charge on any atom is 0.490 e. The molecule has 0 aromatic heterocycles. The number of carboxylic acid groups (broad SMARTS) is 1. The molecule has 0 bridgehead atoms. The first-order valence-electron chi connectivity index (χ1n) is 10.9. The number of alkyl halides is 6. The number of aliphatic carboxylic acids is 1. The number of hydrogen-bond acceptors (Lipinski definition) is 6. The Balaban J connectivity index is 0.000000532. The van der Waals surface area contributed by atoms with Crippen molar-refractivity contribution in [1.82, 2.24) is 10.8 Å². The molecule has 3 N–H and O–H groups in total. The molecule has 0 saturated carbocycles. The molecule has 2 heterocycles. The first-order chi connectivity index (χ1) is 18.0. The van der Waals surface area contributed by atoms with Crippen molar-refractivity contribution in [2.45, 2.75) is 37.3 Å². The molecular formula is C23H19Cl2F6N3O5. The zero-order valence-corrected chi connectivity index (χ0v) is 21.2. The number of nitrogens with zero attached hydrogens (tertiary/aromatic N) is 1. The fraction of sp³-hybridized carbons (Fsp3) is 0.348. The molecule has 0 aliphatic carbocycles. The third kappa shape index (κ3) is 7.12. The van der Waals surface area contributed by atoms with E-state index in [4.69, 9.17) is 42.8 Å². The van der Waals surface area contributed by atoms with Crippen LogP contribution in [0.5, 0.6) is 0 Å². The monoisotopic (exact) mass is 601 g/mol. The molecule has 1 amide bonds. The van der Waals surface area contributed by atoms with Gasteiger partial charge in [-0.25, -0.2) is 10.3 Å². The quantitative estimate of drug-likeness (QED) is 0.418. The van der Waals surface area contributed by atoms with E-state index in [1.165, 1.54) is 18.2 Å². The van der Waals surface area contributed by atoms with Crippen LogP contribution in [-0.4, -0.2) is 54.2 Å². The van der Waals surface area contributed by atoms with Crippen LogP contribution >= 0.6 is 23.2 Å². The Morgan fingerprint density at radius 1 is 1.10 bits per heavy atom. The maximum absolute atomic E-state index is 14.1. The van der Waals surface area contributed by atoms with Crippen molar-refractivity contribution in [3.63, 3.8) is 0 Å². The molecule has 2 aromatic carbocycles. The van der Waals surface area contributed by atoms with E-state index < -0.39 is 30.3 Å². The fourth-order valence-electron chi connectivity index (χ4n) is 3.68. The molecule has 0 spiro atoms. The second-order valence-electron chi connectivity index (χ2n) is 8.45. The fourth-order valence-corrected chi connectivity index (χ4v) is 4.20. The first kappa shape index (κ1) is 30.5. The van der Waals surface area contributed by atoms with E-state index in [0.29, 0.717) is 29.8 Å². The topological polar surface area (TPSA) is 109 Å². The standard InChI is InChI=1S/C21H18Cl2F3N3O3.C2HF3O2/c1-11-4-12(2-3-17(11)19(30)28-16-9-27-31-10-16)18-8-20(32-29-18,21(24,25)26)13-5-14(22)7-15(23)6-13;3-2(4,5)1(6)7/h2-7,16,27H,8-10H2,1H3,(H,28,30);(H,6,7). The van der Waals surface area contributed by atoms with Gasteiger partial charge in [-0.1, -0.05) is 34.4 Å². The molecule has 2 aromatic rings. The zero-order chi connectivity index (χ0) is 29.2. The smallest absolute Gasteiger partial charge is 0.475 e. The second kappa shape index (κ2) is 11.6. The van der Waals surface area contributed by atoms with E-state index in [1.54, 1.807) is 25.1 Å². The number of carbonyl (C=O) groups is 2. The molecule has 8 nitrogen and oxygen atoms in total. The lowest BCUT2D eigenvalue weighted by atomic mass is 9.86. The van der Waals surface area contributed by atoms with Crippen molar-refractivity contribution in [2.75, 3.05) is 13.2 Å². The van der Waals surface area contributed by atoms with Crippen LogP contribution < -0.4 is 10.8 Å². The van der Waals surface area contributed by atoms with Crippen molar-refractivity contribution in [3.8, 4) is 0 Å². The summed E-state index contributed by atoms with van der Waals surface area (Å²) in [6, 6.07) is 8.22. The van der Waals surface area contributed by atoms with Gasteiger partial charge in [-0.05, 0) is 48.4 Å². The molecule has 2 unspecified atom stereocenters. The lowest BCUT2D eigenvalue weighted by molar-refractivity contribution is -0.275. The van der Waals surface area contributed by atoms with E-state index in [1.807, 2.05) is 0 Å². The number of hydroxylamine groups is 1. The number of hydrogen-bond donors (Lipinski definition) is 3. The van der Waals surface area contributed by atoms with E-state index in [0.717, 1.165) is 0 Å². The van der Waals surface area contributed by atoms with Gasteiger partial charge in [-0.15, -0.1) is 0 Å². The molecule has 1 fully saturated rings. The summed E-state index contributed by atoms with van der Waals surface area (Å²) in [4.78, 5) is 31.4. The molecule has 212 valence electrons. The Kier molecular flexibility index (Phi) is 9.05. The van der Waals surface area contributed by atoms with Crippen LogP contribution in [0.2, 0.25) is 10.0 Å². The predicted octanol–water partition coefficient (Wildman–Crippen LogP) is 5.15. The number of carbonyl (C=O) groups excluding carboxylic acids is 1. The van der Waals surface area contributed by atoms with Crippen molar-refractivity contribution in [1.29, 1.82) is 0 Å². The van der Waals surface area contributed by atoms with Crippen molar-refractivity contribution >= 4 is 40.8 Å². The van der Waals surface area contributed by atoms with Gasteiger partial charge < -0.3 is 15.3 Å². The Morgan fingerprint density at radius 2 is 1.72 bits per heavy atom. The van der Waals surface area contributed by atoms with Crippen LogP contribution in [0.25, 0.3) is 0 Å². The molecule has 2 aliphatic heterocycles. The summed E-state index contributed by atoms with van der Waals surface area (Å²) in [6.07, 6.45) is -10.4. The van der Waals surface area contributed by atoms with Gasteiger partial charge in [0.05, 0.1) is 18.4 Å². The van der Waals surface area contributed by atoms with Gasteiger partial charge in [0.1, 0.15) is 0 Å². The highest BCUT2D eigenvalue weighted by molar-refractivity contribution is 6.34. The maximum atomic E-state index is 14.1. The van der Waals surface area contributed by atoms with Crippen LogP contribution in [0.1, 0.15) is 33.5 Å². The third-order valence-electron chi connectivity index (χ3n) is 5.61. The van der Waals surface area contributed by atoms with Gasteiger partial charge in [0.25, 0.3) is 11.5 Å². The number of rotatable bonds is 4. The summed E-state index contributed by atoms with van der Waals surface area (Å²) in [7, 11) is 0. The highest BCUT2D eigenvalue weighted by atomic mass is 35.5. The van der Waals surface area contributed by atoms with Crippen molar-refractivity contribution in [2.24, 2.45) is 5.16 Å². The van der Waals surface area contributed by atoms with E-state index >= 15 is 0 Å². The molecule has 16 heteroatoms. The minimum Gasteiger partial charge on any atom is -0.475 e. The van der Waals surface area contributed by atoms with E-state index in [9.17, 15) is 31.1 Å². The molecule has 2 atom stereocenters. The second-order valence-corrected chi connectivity index (χ2v) is 9.32. The minimum absolute atomic E-state index is 0.0576. The molecule has 0 radical (unpaired) electrons. The van der Waals surface area contributed by atoms with Crippen LogP contribution in [0.15, 0.2) is 41.6 Å². The number of oxime groups is 1. The van der Waals surface area contributed by atoms with Crippen LogP contribution in [-0.2, 0) is 20.1 Å². The summed E-state index contributed by atoms with van der Waals surface area (Å²) >= 11 is 11.9. The zero-order valence-electron chi connectivity index (χ0n) is 19.7. The SMILES string of the molecule is Cc1cc(C2=NOC(c3cc(Cl)cc(Cl)c3)(C(F)(F)F)C2)ccc1C(=O)NC1CNOC1.O=C(O)C(F)(F)F. The largest absolute Gasteiger partial charge is 0.490 e. The number of halogens is 8. The molecule has 39 heavy (non-hydrogen) atoms. The van der Waals surface area contributed by atoms with Gasteiger partial charge in [0.15, 0.2) is 0 Å². The van der Waals surface area contributed by atoms with Crippen molar-refractivity contribution in [3.05, 3.63) is 68.7 Å². The normalized spacial score (nSPS) is 20.9. The highest BCUT2D eigenvalue weighted by Gasteiger charge is 2.62. The Morgan fingerprint density at radius 3 is 2.21 bits per heavy atom.